The number of halogens is 1. The fourth-order valence-corrected chi connectivity index (χ4v) is 7.26. The van der Waals surface area contributed by atoms with Gasteiger partial charge in [-0.3, -0.25) is 0 Å². The van der Waals surface area contributed by atoms with Crippen LogP contribution < -0.4 is 0 Å². The molecule has 4 bridgehead atoms. The Morgan fingerprint density at radius 2 is 1.76 bits per heavy atom. The normalized spacial score (nSPS) is 33.4. The lowest BCUT2D eigenvalue weighted by Crippen LogP contribution is -2.48. The Morgan fingerprint density at radius 3 is 2.44 bits per heavy atom. The molecule has 4 fully saturated rings. The number of aromatic nitrogens is 4. The average Bonchev–Trinajstić information content (AvgIpc) is 3.14. The second-order valence-corrected chi connectivity index (χ2v) is 9.73. The zero-order valence-electron chi connectivity index (χ0n) is 13.9. The highest BCUT2D eigenvalue weighted by Gasteiger charge is 2.53. The molecule has 0 atom stereocenters. The van der Waals surface area contributed by atoms with Gasteiger partial charge in [0.15, 0.2) is 5.82 Å². The van der Waals surface area contributed by atoms with Gasteiger partial charge in [0.05, 0.1) is 0 Å². The molecule has 3 aromatic rings. The van der Waals surface area contributed by atoms with Crippen molar-refractivity contribution < 1.29 is 0 Å². The maximum absolute atomic E-state index is 6.15. The van der Waals surface area contributed by atoms with Crippen molar-refractivity contribution in [3.05, 3.63) is 34.3 Å². The first-order valence-electron chi connectivity index (χ1n) is 9.17. The SMILES string of the molecule is Clc1cccc(-c2nnc3sc(C45CC6CC(CC(C6)C4)C5)nn23)c1. The van der Waals surface area contributed by atoms with Crippen LogP contribution in [0, 0.1) is 17.8 Å². The third-order valence-electron chi connectivity index (χ3n) is 6.57. The lowest BCUT2D eigenvalue weighted by molar-refractivity contribution is -0.00565. The van der Waals surface area contributed by atoms with Crippen molar-refractivity contribution in [3.8, 4) is 11.4 Å². The Hall–Kier alpha value is -1.46. The maximum atomic E-state index is 6.15. The summed E-state index contributed by atoms with van der Waals surface area (Å²) < 4.78 is 1.93. The molecular weight excluding hydrogens is 352 g/mol. The second kappa shape index (κ2) is 5.04. The zero-order chi connectivity index (χ0) is 16.6. The minimum absolute atomic E-state index is 0.311. The van der Waals surface area contributed by atoms with Crippen molar-refractivity contribution in [2.24, 2.45) is 17.8 Å². The Labute approximate surface area is 155 Å². The van der Waals surface area contributed by atoms with Crippen LogP contribution in [0.5, 0.6) is 0 Å². The van der Waals surface area contributed by atoms with Gasteiger partial charge in [-0.2, -0.15) is 9.61 Å². The van der Waals surface area contributed by atoms with Crippen LogP contribution >= 0.6 is 22.9 Å². The molecule has 0 amide bonds. The summed E-state index contributed by atoms with van der Waals surface area (Å²) in [7, 11) is 0. The molecule has 0 aliphatic heterocycles. The van der Waals surface area contributed by atoms with Crippen LogP contribution in [0.1, 0.15) is 43.5 Å². The highest BCUT2D eigenvalue weighted by atomic mass is 35.5. The van der Waals surface area contributed by atoms with Gasteiger partial charge in [0.1, 0.15) is 5.01 Å². The number of hydrogen-bond donors (Lipinski definition) is 0. The van der Waals surface area contributed by atoms with Gasteiger partial charge in [0.25, 0.3) is 0 Å². The molecule has 0 spiro atoms. The molecule has 0 unspecified atom stereocenters. The van der Waals surface area contributed by atoms with Gasteiger partial charge in [0, 0.05) is 16.0 Å². The van der Waals surface area contributed by atoms with E-state index in [2.05, 4.69) is 10.2 Å². The van der Waals surface area contributed by atoms with Crippen molar-refractivity contribution >= 4 is 27.9 Å². The van der Waals surface area contributed by atoms with Gasteiger partial charge in [-0.05, 0) is 68.4 Å². The summed E-state index contributed by atoms with van der Waals surface area (Å²) in [6, 6.07) is 7.78. The Bertz CT molecular complexity index is 940. The van der Waals surface area contributed by atoms with Crippen LogP contribution in [-0.2, 0) is 5.41 Å². The minimum Gasteiger partial charge on any atom is -0.183 e. The molecule has 7 rings (SSSR count). The summed E-state index contributed by atoms with van der Waals surface area (Å²) in [5.41, 5.74) is 1.29. The highest BCUT2D eigenvalue weighted by molar-refractivity contribution is 7.16. The third kappa shape index (κ3) is 2.15. The molecule has 4 nitrogen and oxygen atoms in total. The zero-order valence-corrected chi connectivity index (χ0v) is 15.4. The van der Waals surface area contributed by atoms with Gasteiger partial charge >= 0.3 is 0 Å². The minimum atomic E-state index is 0.311. The van der Waals surface area contributed by atoms with Gasteiger partial charge in [-0.25, -0.2) is 0 Å². The topological polar surface area (TPSA) is 43.1 Å². The molecule has 2 aromatic heterocycles. The summed E-state index contributed by atoms with van der Waals surface area (Å²) >= 11 is 7.90. The second-order valence-electron chi connectivity index (χ2n) is 8.33. The molecule has 25 heavy (non-hydrogen) atoms. The predicted octanol–water partition coefficient (Wildman–Crippen LogP) is 4.97. The molecule has 4 saturated carbocycles. The lowest BCUT2D eigenvalue weighted by Gasteiger charge is -2.55. The summed E-state index contributed by atoms with van der Waals surface area (Å²) in [6.07, 6.45) is 8.35. The molecule has 0 saturated heterocycles. The van der Waals surface area contributed by atoms with Crippen LogP contribution in [0.3, 0.4) is 0 Å². The summed E-state index contributed by atoms with van der Waals surface area (Å²) in [5.74, 6) is 3.57. The third-order valence-corrected chi connectivity index (χ3v) is 7.95. The van der Waals surface area contributed by atoms with E-state index in [1.165, 1.54) is 43.5 Å². The number of nitrogens with zero attached hydrogens (tertiary/aromatic N) is 4. The fraction of sp³-hybridized carbons (Fsp3) is 0.526. The van der Waals surface area contributed by atoms with Crippen molar-refractivity contribution in [2.75, 3.05) is 0 Å². The maximum Gasteiger partial charge on any atom is 0.234 e. The van der Waals surface area contributed by atoms with E-state index in [4.69, 9.17) is 16.7 Å². The van der Waals surface area contributed by atoms with E-state index >= 15 is 0 Å². The lowest BCUT2D eigenvalue weighted by atomic mass is 9.50. The summed E-state index contributed by atoms with van der Waals surface area (Å²) in [6.45, 7) is 0. The molecule has 0 radical (unpaired) electrons. The number of benzene rings is 1. The van der Waals surface area contributed by atoms with Gasteiger partial charge in [0.2, 0.25) is 4.96 Å². The highest BCUT2D eigenvalue weighted by Crippen LogP contribution is 2.61. The smallest absolute Gasteiger partial charge is 0.183 e. The van der Waals surface area contributed by atoms with Crippen molar-refractivity contribution in [1.82, 2.24) is 19.8 Å². The first-order valence-corrected chi connectivity index (χ1v) is 10.4. The summed E-state index contributed by atoms with van der Waals surface area (Å²) in [4.78, 5) is 0.903. The van der Waals surface area contributed by atoms with Gasteiger partial charge in [-0.15, -0.1) is 10.2 Å². The van der Waals surface area contributed by atoms with E-state index in [1.807, 2.05) is 28.8 Å². The first kappa shape index (κ1) is 14.7. The molecule has 2 heterocycles. The quantitative estimate of drug-likeness (QED) is 0.639. The van der Waals surface area contributed by atoms with E-state index in [9.17, 15) is 0 Å². The predicted molar refractivity (Wildman–Crippen MR) is 99.0 cm³/mol. The fourth-order valence-electron chi connectivity index (χ4n) is 6.01. The number of hydrogen-bond acceptors (Lipinski definition) is 4. The molecule has 4 aliphatic carbocycles. The largest absolute Gasteiger partial charge is 0.234 e. The van der Waals surface area contributed by atoms with Gasteiger partial charge < -0.3 is 0 Å². The Kier molecular flexibility index (Phi) is 2.96. The molecule has 0 N–H and O–H groups in total. The Balaban J connectivity index is 1.46. The molecular formula is C19H19ClN4S. The van der Waals surface area contributed by atoms with E-state index in [0.717, 1.165) is 34.1 Å². The van der Waals surface area contributed by atoms with E-state index < -0.39 is 0 Å². The van der Waals surface area contributed by atoms with Crippen LogP contribution in [-0.4, -0.2) is 19.8 Å². The van der Waals surface area contributed by atoms with Crippen LogP contribution in [0.4, 0.5) is 0 Å². The van der Waals surface area contributed by atoms with E-state index in [1.54, 1.807) is 11.3 Å². The Morgan fingerprint density at radius 1 is 1.04 bits per heavy atom. The molecule has 128 valence electrons. The van der Waals surface area contributed by atoms with Crippen molar-refractivity contribution in [1.29, 1.82) is 0 Å². The van der Waals surface area contributed by atoms with Crippen LogP contribution in [0.2, 0.25) is 5.02 Å². The molecule has 6 heteroatoms. The van der Waals surface area contributed by atoms with Gasteiger partial charge in [-0.1, -0.05) is 35.1 Å². The molecule has 4 aliphatic rings. The van der Waals surface area contributed by atoms with E-state index in [0.29, 0.717) is 10.4 Å². The first-order chi connectivity index (χ1) is 12.2. The van der Waals surface area contributed by atoms with Crippen LogP contribution in [0.25, 0.3) is 16.3 Å². The summed E-state index contributed by atoms with van der Waals surface area (Å²) in [5, 5.41) is 15.8. The standard InChI is InChI=1S/C19H19ClN4S/c20-15-3-1-2-14(7-15)16-21-22-18-24(16)23-17(25-18)19-8-11-4-12(9-19)6-13(5-11)10-19/h1-3,7,11-13H,4-6,8-10H2. The van der Waals surface area contributed by atoms with E-state index in [-0.39, 0.29) is 0 Å². The monoisotopic (exact) mass is 370 g/mol. The number of rotatable bonds is 2. The van der Waals surface area contributed by atoms with Crippen molar-refractivity contribution in [3.63, 3.8) is 0 Å². The average molecular weight is 371 g/mol. The van der Waals surface area contributed by atoms with Crippen LogP contribution in [0.15, 0.2) is 24.3 Å². The van der Waals surface area contributed by atoms with Crippen molar-refractivity contribution in [2.45, 2.75) is 43.9 Å². The number of fused-ring (bicyclic) bond motifs is 1. The molecule has 1 aromatic carbocycles.